The molecule has 0 bridgehead atoms. The summed E-state index contributed by atoms with van der Waals surface area (Å²) in [5.74, 6) is 0.302. The number of hydrogen-bond donors (Lipinski definition) is 1. The van der Waals surface area contributed by atoms with Crippen LogP contribution in [-0.2, 0) is 4.57 Å². The molecule has 3 heteroatoms. The minimum Gasteiger partial charge on any atom is -0.284 e. The zero-order valence-electron chi connectivity index (χ0n) is 6.21. The van der Waals surface area contributed by atoms with E-state index in [1.165, 1.54) is 0 Å². The molecule has 1 rings (SSSR count). The Balaban J connectivity index is 2.58. The van der Waals surface area contributed by atoms with Crippen LogP contribution < -0.4 is 5.73 Å². The molecule has 2 N–H and O–H groups in total. The first-order chi connectivity index (χ1) is 4.65. The molecular formula is C7H13NOP+. The van der Waals surface area contributed by atoms with Crippen LogP contribution in [0.15, 0.2) is 12.7 Å². The van der Waals surface area contributed by atoms with Crippen molar-refractivity contribution in [1.29, 1.82) is 0 Å². The van der Waals surface area contributed by atoms with Crippen LogP contribution in [0, 0.1) is 5.92 Å². The van der Waals surface area contributed by atoms with Crippen LogP contribution in [0.4, 0.5) is 0 Å². The summed E-state index contributed by atoms with van der Waals surface area (Å²) < 4.78 is 11.2. The highest BCUT2D eigenvalue weighted by atomic mass is 31.1. The molecule has 10 heavy (non-hydrogen) atoms. The third-order valence-corrected chi connectivity index (χ3v) is 4.08. The van der Waals surface area contributed by atoms with E-state index >= 15 is 0 Å². The third kappa shape index (κ3) is 1.02. The Kier molecular flexibility index (Phi) is 1.93. The summed E-state index contributed by atoms with van der Waals surface area (Å²) in [6.45, 7) is 5.53. The molecule has 56 valence electrons. The summed E-state index contributed by atoms with van der Waals surface area (Å²) in [4.78, 5) is 0. The third-order valence-electron chi connectivity index (χ3n) is 2.06. The van der Waals surface area contributed by atoms with Crippen LogP contribution in [0.2, 0.25) is 0 Å². The van der Waals surface area contributed by atoms with Crippen LogP contribution in [0.25, 0.3) is 0 Å². The minimum atomic E-state index is -1.20. The molecule has 0 aromatic carbocycles. The van der Waals surface area contributed by atoms with Gasteiger partial charge in [0.1, 0.15) is 6.16 Å². The van der Waals surface area contributed by atoms with E-state index in [9.17, 15) is 4.57 Å². The average Bonchev–Trinajstić information content (AvgIpc) is 2.61. The van der Waals surface area contributed by atoms with E-state index in [1.807, 2.05) is 13.0 Å². The molecule has 0 amide bonds. The molecule has 1 aliphatic rings. The highest BCUT2D eigenvalue weighted by Gasteiger charge is 2.63. The lowest BCUT2D eigenvalue weighted by Crippen LogP contribution is -2.19. The fraction of sp³-hybridized carbons (Fsp3) is 0.714. The molecule has 3 atom stereocenters. The van der Waals surface area contributed by atoms with Gasteiger partial charge < -0.3 is 0 Å². The van der Waals surface area contributed by atoms with Crippen molar-refractivity contribution < 1.29 is 4.57 Å². The zero-order chi connectivity index (χ0) is 7.78. The normalized spacial score (nSPS) is 39.0. The number of nitrogens with two attached hydrogens (primary N) is 1. The van der Waals surface area contributed by atoms with E-state index in [1.54, 1.807) is 0 Å². The molecule has 1 aliphatic carbocycles. The minimum absolute atomic E-state index is 0.302. The molecular weight excluding hydrogens is 145 g/mol. The van der Waals surface area contributed by atoms with E-state index in [0.717, 1.165) is 6.42 Å². The molecule has 0 aromatic rings. The first-order valence-corrected chi connectivity index (χ1v) is 4.96. The second kappa shape index (κ2) is 2.44. The molecule has 0 spiro atoms. The molecule has 0 saturated heterocycles. The molecule has 0 radical (unpaired) electrons. The van der Waals surface area contributed by atoms with E-state index < -0.39 is 7.80 Å². The van der Waals surface area contributed by atoms with Crippen molar-refractivity contribution in [2.75, 3.05) is 6.16 Å². The van der Waals surface area contributed by atoms with Gasteiger partial charge >= 0.3 is 7.80 Å². The van der Waals surface area contributed by atoms with Gasteiger partial charge in [-0.3, -0.25) is 5.73 Å². The van der Waals surface area contributed by atoms with Gasteiger partial charge in [0.25, 0.3) is 0 Å². The van der Waals surface area contributed by atoms with Crippen LogP contribution in [-0.4, -0.2) is 11.4 Å². The van der Waals surface area contributed by atoms with E-state index in [4.69, 9.17) is 5.73 Å². The number of rotatable bonds is 3. The van der Waals surface area contributed by atoms with Crippen molar-refractivity contribution >= 4 is 7.80 Å². The molecule has 0 heterocycles. The largest absolute Gasteiger partial charge is 0.360 e. The maximum Gasteiger partial charge on any atom is 0.360 e. The maximum absolute atomic E-state index is 11.2. The lowest BCUT2D eigenvalue weighted by atomic mass is 10.4. The maximum atomic E-state index is 11.2. The second-order valence-electron chi connectivity index (χ2n) is 2.73. The van der Waals surface area contributed by atoms with Crippen molar-refractivity contribution in [1.82, 2.24) is 0 Å². The van der Waals surface area contributed by atoms with E-state index in [0.29, 0.717) is 12.1 Å². The molecule has 1 fully saturated rings. The van der Waals surface area contributed by atoms with Crippen molar-refractivity contribution in [3.8, 4) is 0 Å². The average molecular weight is 158 g/mol. The summed E-state index contributed by atoms with van der Waals surface area (Å²) in [6.07, 6.45) is 3.36. The highest BCUT2D eigenvalue weighted by Crippen LogP contribution is 2.57. The van der Waals surface area contributed by atoms with Crippen LogP contribution in [0.3, 0.4) is 0 Å². The standard InChI is InChI=1S/C7H13NOP/c1-3-6-5-7(6,8)10(9)4-2/h3,6H,1,4-5,8H2,2H3/q+1/t6-,7+/m1/s1. The molecule has 0 aliphatic heterocycles. The first kappa shape index (κ1) is 7.90. The Morgan fingerprint density at radius 1 is 2.00 bits per heavy atom. The van der Waals surface area contributed by atoms with Gasteiger partial charge in [0.15, 0.2) is 0 Å². The smallest absolute Gasteiger partial charge is 0.284 e. The van der Waals surface area contributed by atoms with E-state index in [-0.39, 0.29) is 5.28 Å². The fourth-order valence-corrected chi connectivity index (χ4v) is 2.63. The Labute approximate surface area is 62.3 Å². The summed E-state index contributed by atoms with van der Waals surface area (Å²) in [6, 6.07) is 0. The molecule has 1 saturated carbocycles. The van der Waals surface area contributed by atoms with Gasteiger partial charge in [-0.05, 0) is 6.92 Å². The van der Waals surface area contributed by atoms with Crippen LogP contribution >= 0.6 is 7.80 Å². The Morgan fingerprint density at radius 2 is 2.60 bits per heavy atom. The van der Waals surface area contributed by atoms with Crippen LogP contribution in [0.5, 0.6) is 0 Å². The van der Waals surface area contributed by atoms with Crippen molar-refractivity contribution in [2.24, 2.45) is 11.7 Å². The van der Waals surface area contributed by atoms with Gasteiger partial charge in [-0.2, -0.15) is 0 Å². The zero-order valence-corrected chi connectivity index (χ0v) is 7.10. The molecule has 1 unspecified atom stereocenters. The number of hydrogen-bond acceptors (Lipinski definition) is 2. The summed E-state index contributed by atoms with van der Waals surface area (Å²) in [5, 5.41) is -0.383. The van der Waals surface area contributed by atoms with Gasteiger partial charge in [0, 0.05) is 12.3 Å². The molecule has 2 nitrogen and oxygen atoms in total. The van der Waals surface area contributed by atoms with Crippen LogP contribution in [0.1, 0.15) is 13.3 Å². The topological polar surface area (TPSA) is 43.1 Å². The monoisotopic (exact) mass is 158 g/mol. The van der Waals surface area contributed by atoms with Crippen molar-refractivity contribution in [3.63, 3.8) is 0 Å². The van der Waals surface area contributed by atoms with E-state index in [2.05, 4.69) is 6.58 Å². The van der Waals surface area contributed by atoms with Crippen molar-refractivity contribution in [3.05, 3.63) is 12.7 Å². The summed E-state index contributed by atoms with van der Waals surface area (Å²) >= 11 is 0. The second-order valence-corrected chi connectivity index (χ2v) is 4.95. The quantitative estimate of drug-likeness (QED) is 0.501. The lowest BCUT2D eigenvalue weighted by molar-refractivity contribution is 0.576. The van der Waals surface area contributed by atoms with Crippen molar-refractivity contribution in [2.45, 2.75) is 18.6 Å². The SMILES string of the molecule is C=C[C@@H]1C[C@]1(N)[P+](=O)CC. The van der Waals surface area contributed by atoms with Gasteiger partial charge in [0.05, 0.1) is 0 Å². The molecule has 0 aromatic heterocycles. The fourth-order valence-electron chi connectivity index (χ4n) is 1.16. The van der Waals surface area contributed by atoms with Gasteiger partial charge in [-0.15, -0.1) is 6.58 Å². The first-order valence-electron chi connectivity index (χ1n) is 3.51. The summed E-state index contributed by atoms with van der Waals surface area (Å²) in [5.41, 5.74) is 5.80. The van der Waals surface area contributed by atoms with Gasteiger partial charge in [0.2, 0.25) is 5.28 Å². The Morgan fingerprint density at radius 3 is 2.90 bits per heavy atom. The summed E-state index contributed by atoms with van der Waals surface area (Å²) in [7, 11) is -1.20. The predicted octanol–water partition coefficient (Wildman–Crippen LogP) is 1.69. The lowest BCUT2D eigenvalue weighted by Gasteiger charge is -1.92. The Bertz CT molecular complexity index is 180. The van der Waals surface area contributed by atoms with Gasteiger partial charge in [-0.25, -0.2) is 0 Å². The Hall–Kier alpha value is -0.200. The van der Waals surface area contributed by atoms with Gasteiger partial charge in [-0.1, -0.05) is 10.6 Å². The predicted molar refractivity (Wildman–Crippen MR) is 43.4 cm³/mol. The highest BCUT2D eigenvalue weighted by molar-refractivity contribution is 7.46.